The van der Waals surface area contributed by atoms with Gasteiger partial charge in [0.1, 0.15) is 5.82 Å². The lowest BCUT2D eigenvalue weighted by Gasteiger charge is -2.13. The summed E-state index contributed by atoms with van der Waals surface area (Å²) in [4.78, 5) is 30.7. The molecule has 8 heteroatoms. The number of hydrogen-bond donors (Lipinski definition) is 0. The van der Waals surface area contributed by atoms with Crippen molar-refractivity contribution >= 4 is 22.8 Å². The van der Waals surface area contributed by atoms with E-state index in [1.54, 1.807) is 4.57 Å². The predicted molar refractivity (Wildman–Crippen MR) is 110 cm³/mol. The lowest BCUT2D eigenvalue weighted by atomic mass is 10.2. The van der Waals surface area contributed by atoms with E-state index in [1.807, 2.05) is 37.3 Å². The first-order valence-electron chi connectivity index (χ1n) is 9.16. The summed E-state index contributed by atoms with van der Waals surface area (Å²) in [7, 11) is 0. The molecule has 0 amide bonds. The zero-order chi connectivity index (χ0) is 20.5. The molecule has 0 spiro atoms. The Kier molecular flexibility index (Phi) is 5.07. The number of halogens is 2. The third-order valence-corrected chi connectivity index (χ3v) is 5.24. The van der Waals surface area contributed by atoms with Gasteiger partial charge in [-0.25, -0.2) is 14.2 Å². The molecule has 0 saturated heterocycles. The summed E-state index contributed by atoms with van der Waals surface area (Å²) in [6.45, 7) is 2.37. The summed E-state index contributed by atoms with van der Waals surface area (Å²) in [6.07, 6.45) is 1.54. The molecule has 148 valence electrons. The molecule has 0 unspecified atom stereocenters. The molecule has 0 aliphatic carbocycles. The second kappa shape index (κ2) is 7.67. The van der Waals surface area contributed by atoms with E-state index in [4.69, 9.17) is 11.6 Å². The molecule has 4 rings (SSSR count). The number of imidazole rings is 1. The van der Waals surface area contributed by atoms with Gasteiger partial charge in [-0.1, -0.05) is 48.0 Å². The minimum atomic E-state index is -0.567. The Morgan fingerprint density at radius 1 is 1.00 bits per heavy atom. The van der Waals surface area contributed by atoms with Crippen molar-refractivity contribution in [3.05, 3.63) is 97.7 Å². The van der Waals surface area contributed by atoms with E-state index in [1.165, 1.54) is 29.1 Å². The molecule has 0 radical (unpaired) electrons. The van der Waals surface area contributed by atoms with Gasteiger partial charge in [-0.05, 0) is 24.6 Å². The average molecular weight is 413 g/mol. The van der Waals surface area contributed by atoms with Gasteiger partial charge >= 0.3 is 5.69 Å². The summed E-state index contributed by atoms with van der Waals surface area (Å²) >= 11 is 6.13. The number of benzene rings is 2. The normalized spacial score (nSPS) is 11.3. The van der Waals surface area contributed by atoms with Gasteiger partial charge in [-0.2, -0.15) is 0 Å². The van der Waals surface area contributed by atoms with Gasteiger partial charge in [0.15, 0.2) is 11.2 Å². The maximum absolute atomic E-state index is 14.3. The lowest BCUT2D eigenvalue weighted by Crippen LogP contribution is -2.41. The smallest absolute Gasteiger partial charge is 0.325 e. The van der Waals surface area contributed by atoms with Crippen LogP contribution in [-0.2, 0) is 19.6 Å². The van der Waals surface area contributed by atoms with Gasteiger partial charge in [0.05, 0.1) is 19.4 Å². The van der Waals surface area contributed by atoms with E-state index < -0.39 is 17.1 Å². The summed E-state index contributed by atoms with van der Waals surface area (Å²) in [5, 5.41) is 0.162. The van der Waals surface area contributed by atoms with Gasteiger partial charge < -0.3 is 4.57 Å². The minimum absolute atomic E-state index is 0.0986. The summed E-state index contributed by atoms with van der Waals surface area (Å²) in [6, 6.07) is 13.7. The van der Waals surface area contributed by atoms with E-state index in [2.05, 4.69) is 4.98 Å². The third kappa shape index (κ3) is 3.38. The van der Waals surface area contributed by atoms with Crippen molar-refractivity contribution in [3.8, 4) is 0 Å². The number of hydrogen-bond acceptors (Lipinski definition) is 3. The predicted octanol–water partition coefficient (Wildman–Crippen LogP) is 3.27. The number of nitrogens with zero attached hydrogens (tertiary/aromatic N) is 4. The van der Waals surface area contributed by atoms with Crippen LogP contribution in [-0.4, -0.2) is 18.7 Å². The Balaban J connectivity index is 1.97. The van der Waals surface area contributed by atoms with Gasteiger partial charge in [-0.15, -0.1) is 0 Å². The number of aryl methyl sites for hydroxylation is 1. The molecule has 0 bridgehead atoms. The van der Waals surface area contributed by atoms with Crippen molar-refractivity contribution in [2.24, 2.45) is 0 Å². The summed E-state index contributed by atoms with van der Waals surface area (Å²) in [5.41, 5.74) is 0.509. The van der Waals surface area contributed by atoms with Gasteiger partial charge in [0, 0.05) is 17.1 Å². The summed E-state index contributed by atoms with van der Waals surface area (Å²) < 4.78 is 18.5. The Morgan fingerprint density at radius 2 is 1.76 bits per heavy atom. The topological polar surface area (TPSA) is 61.8 Å². The van der Waals surface area contributed by atoms with Crippen molar-refractivity contribution in [1.82, 2.24) is 18.7 Å². The third-order valence-electron chi connectivity index (χ3n) is 4.89. The monoisotopic (exact) mass is 412 g/mol. The Labute approximate surface area is 170 Å². The van der Waals surface area contributed by atoms with Crippen molar-refractivity contribution in [3.63, 3.8) is 0 Å². The molecule has 2 aromatic heterocycles. The zero-order valence-electron chi connectivity index (χ0n) is 15.7. The fourth-order valence-corrected chi connectivity index (χ4v) is 3.59. The summed E-state index contributed by atoms with van der Waals surface area (Å²) in [5.74, 6) is -0.567. The van der Waals surface area contributed by atoms with Gasteiger partial charge in [-0.3, -0.25) is 13.9 Å². The quantitative estimate of drug-likeness (QED) is 0.505. The Morgan fingerprint density at radius 3 is 2.45 bits per heavy atom. The lowest BCUT2D eigenvalue weighted by molar-refractivity contribution is 0.576. The first-order valence-corrected chi connectivity index (χ1v) is 9.54. The molecule has 2 heterocycles. The maximum Gasteiger partial charge on any atom is 0.333 e. The molecule has 6 nitrogen and oxygen atoms in total. The first-order chi connectivity index (χ1) is 14.0. The van der Waals surface area contributed by atoms with Crippen LogP contribution in [0.5, 0.6) is 0 Å². The number of aromatic nitrogens is 4. The Bertz CT molecular complexity index is 1290. The molecular weight excluding hydrogens is 395 g/mol. The molecule has 29 heavy (non-hydrogen) atoms. The molecule has 2 aromatic carbocycles. The first kappa shape index (κ1) is 19.1. The van der Waals surface area contributed by atoms with Gasteiger partial charge in [0.25, 0.3) is 5.56 Å². The van der Waals surface area contributed by atoms with E-state index in [0.717, 1.165) is 10.1 Å². The van der Waals surface area contributed by atoms with E-state index in [9.17, 15) is 14.0 Å². The zero-order valence-corrected chi connectivity index (χ0v) is 16.4. The van der Waals surface area contributed by atoms with Crippen LogP contribution in [0, 0.1) is 5.82 Å². The van der Waals surface area contributed by atoms with Crippen LogP contribution < -0.4 is 11.2 Å². The standard InChI is InChI=1S/C21H18ClFN4O2/c1-2-25-13-24-19-18(25)20(28)27(12-15-16(22)9-6-10-17(15)23)21(29)26(19)11-14-7-4-3-5-8-14/h3-10,13H,2,11-12H2,1H3. The van der Waals surface area contributed by atoms with E-state index in [0.29, 0.717) is 17.7 Å². The van der Waals surface area contributed by atoms with Crippen molar-refractivity contribution in [1.29, 1.82) is 0 Å². The van der Waals surface area contributed by atoms with Crippen LogP contribution in [0.15, 0.2) is 64.4 Å². The highest BCUT2D eigenvalue weighted by atomic mass is 35.5. The molecule has 0 atom stereocenters. The average Bonchev–Trinajstić information content (AvgIpc) is 3.15. The van der Waals surface area contributed by atoms with Crippen molar-refractivity contribution in [2.75, 3.05) is 0 Å². The second-order valence-electron chi connectivity index (χ2n) is 6.65. The number of fused-ring (bicyclic) bond motifs is 1. The highest BCUT2D eigenvalue weighted by molar-refractivity contribution is 6.31. The highest BCUT2D eigenvalue weighted by Gasteiger charge is 2.19. The van der Waals surface area contributed by atoms with E-state index >= 15 is 0 Å². The van der Waals surface area contributed by atoms with Crippen LogP contribution in [0.4, 0.5) is 4.39 Å². The molecule has 0 aliphatic heterocycles. The van der Waals surface area contributed by atoms with Gasteiger partial charge in [0.2, 0.25) is 0 Å². The van der Waals surface area contributed by atoms with Crippen LogP contribution in [0.1, 0.15) is 18.1 Å². The van der Waals surface area contributed by atoms with Crippen LogP contribution in [0.3, 0.4) is 0 Å². The highest BCUT2D eigenvalue weighted by Crippen LogP contribution is 2.19. The van der Waals surface area contributed by atoms with Crippen molar-refractivity contribution < 1.29 is 4.39 Å². The molecule has 0 N–H and O–H groups in total. The maximum atomic E-state index is 14.3. The fourth-order valence-electron chi connectivity index (χ4n) is 3.37. The van der Waals surface area contributed by atoms with E-state index in [-0.39, 0.29) is 23.7 Å². The Hall–Kier alpha value is -3.19. The van der Waals surface area contributed by atoms with Crippen LogP contribution in [0.2, 0.25) is 5.02 Å². The number of rotatable bonds is 5. The molecule has 0 aliphatic rings. The molecule has 0 fully saturated rings. The van der Waals surface area contributed by atoms with Crippen molar-refractivity contribution in [2.45, 2.75) is 26.6 Å². The molecule has 0 saturated carbocycles. The largest absolute Gasteiger partial charge is 0.333 e. The molecular formula is C21H18ClFN4O2. The fraction of sp³-hybridized carbons (Fsp3) is 0.190. The molecule has 4 aromatic rings. The minimum Gasteiger partial charge on any atom is -0.325 e. The van der Waals surface area contributed by atoms with Crippen LogP contribution in [0.25, 0.3) is 11.2 Å². The second-order valence-corrected chi connectivity index (χ2v) is 7.06. The SMILES string of the molecule is CCn1cnc2c1c(=O)n(Cc1c(F)cccc1Cl)c(=O)n2Cc1ccccc1. The van der Waals surface area contributed by atoms with Crippen LogP contribution >= 0.6 is 11.6 Å².